The summed E-state index contributed by atoms with van der Waals surface area (Å²) in [4.78, 5) is 10.1. The molecule has 9 heteroatoms. The predicted octanol–water partition coefficient (Wildman–Crippen LogP) is 4.06. The Morgan fingerprint density at radius 3 is 2.17 bits per heavy atom. The minimum absolute atomic E-state index is 0.00732. The number of rotatable bonds is 5. The molecule has 0 aromatic heterocycles. The van der Waals surface area contributed by atoms with Gasteiger partial charge < -0.3 is 9.47 Å². The molecule has 0 spiro atoms. The summed E-state index contributed by atoms with van der Waals surface area (Å²) >= 11 is 0. The van der Waals surface area contributed by atoms with Gasteiger partial charge in [-0.1, -0.05) is 0 Å². The zero-order valence-corrected chi connectivity index (χ0v) is 12.4. The van der Waals surface area contributed by atoms with Crippen molar-refractivity contribution >= 4 is 17.1 Å². The Balaban J connectivity index is 0.00000127. The number of nitro groups is 1. The smallest absolute Gasteiger partial charge is 0.269 e. The van der Waals surface area contributed by atoms with Gasteiger partial charge in [0, 0.05) is 29.0 Å². The number of nitrogens with zero attached hydrogens (tertiary/aromatic N) is 5. The lowest BCUT2D eigenvalue weighted by Gasteiger charge is -2.05. The molecular weight excluding hydrogens is 302 g/mol. The lowest BCUT2D eigenvalue weighted by atomic mass is 10.3. The van der Waals surface area contributed by atoms with Gasteiger partial charge >= 0.3 is 0 Å². The van der Waals surface area contributed by atoms with Crippen LogP contribution < -0.4 is 9.47 Å². The average molecular weight is 315 g/mol. The SMILES string of the molecule is COc1ccc(OC)c(N=Nc2ccc([N+](=O)[O-])cc2)c1.N#N. The van der Waals surface area contributed by atoms with Crippen LogP contribution in [-0.4, -0.2) is 19.1 Å². The van der Waals surface area contributed by atoms with Crippen molar-refractivity contribution in [1.29, 1.82) is 10.8 Å². The molecular formula is C14H13N5O4. The van der Waals surface area contributed by atoms with Crippen LogP contribution in [0.1, 0.15) is 0 Å². The summed E-state index contributed by atoms with van der Waals surface area (Å²) in [6.45, 7) is 0. The fraction of sp³-hybridized carbons (Fsp3) is 0.143. The third-order valence-corrected chi connectivity index (χ3v) is 2.72. The molecule has 2 aromatic carbocycles. The summed E-state index contributed by atoms with van der Waals surface area (Å²) in [6.07, 6.45) is 0. The van der Waals surface area contributed by atoms with Gasteiger partial charge in [0.1, 0.15) is 17.2 Å². The van der Waals surface area contributed by atoms with Crippen LogP contribution in [0.2, 0.25) is 0 Å². The van der Waals surface area contributed by atoms with E-state index in [1.807, 2.05) is 0 Å². The predicted molar refractivity (Wildman–Crippen MR) is 80.3 cm³/mol. The molecule has 0 saturated heterocycles. The zero-order chi connectivity index (χ0) is 17.2. The van der Waals surface area contributed by atoms with E-state index in [0.29, 0.717) is 22.9 Å². The van der Waals surface area contributed by atoms with Gasteiger partial charge in [-0.05, 0) is 24.3 Å². The highest BCUT2D eigenvalue weighted by Gasteiger charge is 2.05. The van der Waals surface area contributed by atoms with Crippen molar-refractivity contribution in [3.63, 3.8) is 0 Å². The van der Waals surface area contributed by atoms with Crippen molar-refractivity contribution in [3.8, 4) is 11.5 Å². The molecule has 0 aliphatic rings. The second-order valence-corrected chi connectivity index (χ2v) is 4.01. The molecule has 0 radical (unpaired) electrons. The molecule has 118 valence electrons. The Kier molecular flexibility index (Phi) is 6.61. The molecule has 0 bridgehead atoms. The van der Waals surface area contributed by atoms with Crippen molar-refractivity contribution < 1.29 is 14.4 Å². The Bertz CT molecular complexity index is 713. The van der Waals surface area contributed by atoms with E-state index in [1.54, 1.807) is 25.3 Å². The van der Waals surface area contributed by atoms with Gasteiger partial charge in [-0.25, -0.2) is 0 Å². The largest absolute Gasteiger partial charge is 0.497 e. The first-order valence-electron chi connectivity index (χ1n) is 6.22. The number of hydrogen-bond donors (Lipinski definition) is 0. The number of non-ortho nitro benzene ring substituents is 1. The Labute approximate surface area is 131 Å². The number of methoxy groups -OCH3 is 2. The minimum atomic E-state index is -0.466. The highest BCUT2D eigenvalue weighted by atomic mass is 16.6. The standard InChI is InChI=1S/C14H13N3O4.N2/c1-20-12-7-8-14(21-2)13(9-12)16-15-10-3-5-11(6-4-10)17(18)19;1-2/h3-9H,1-2H3;. The summed E-state index contributed by atoms with van der Waals surface area (Å²) in [6, 6.07) is 11.0. The molecule has 23 heavy (non-hydrogen) atoms. The van der Waals surface area contributed by atoms with Crippen molar-refractivity contribution in [2.45, 2.75) is 0 Å². The molecule has 0 fully saturated rings. The first-order chi connectivity index (χ1) is 11.1. The van der Waals surface area contributed by atoms with Gasteiger partial charge in [-0.3, -0.25) is 10.1 Å². The van der Waals surface area contributed by atoms with E-state index >= 15 is 0 Å². The van der Waals surface area contributed by atoms with Crippen LogP contribution in [0.5, 0.6) is 11.5 Å². The van der Waals surface area contributed by atoms with E-state index in [4.69, 9.17) is 20.3 Å². The maximum absolute atomic E-state index is 10.6. The van der Waals surface area contributed by atoms with Gasteiger partial charge in [0.25, 0.3) is 5.69 Å². The van der Waals surface area contributed by atoms with Gasteiger partial charge in [-0.15, -0.1) is 5.11 Å². The normalized spacial score (nSPS) is 9.74. The zero-order valence-electron chi connectivity index (χ0n) is 12.4. The van der Waals surface area contributed by atoms with Crippen molar-refractivity contribution in [2.75, 3.05) is 14.2 Å². The van der Waals surface area contributed by atoms with Gasteiger partial charge in [0.15, 0.2) is 0 Å². The molecule has 0 saturated carbocycles. The van der Waals surface area contributed by atoms with Gasteiger partial charge in [0.2, 0.25) is 0 Å². The fourth-order valence-electron chi connectivity index (χ4n) is 1.63. The molecule has 0 amide bonds. The van der Waals surface area contributed by atoms with E-state index in [0.717, 1.165) is 0 Å². The van der Waals surface area contributed by atoms with E-state index in [-0.39, 0.29) is 5.69 Å². The number of ether oxygens (including phenoxy) is 2. The Hall–Kier alpha value is -3.54. The van der Waals surface area contributed by atoms with Gasteiger partial charge in [0.05, 0.1) is 24.8 Å². The summed E-state index contributed by atoms with van der Waals surface area (Å²) in [5.74, 6) is 1.19. The summed E-state index contributed by atoms with van der Waals surface area (Å²) in [7, 11) is 3.09. The molecule has 2 rings (SSSR count). The van der Waals surface area contributed by atoms with E-state index < -0.39 is 4.92 Å². The highest BCUT2D eigenvalue weighted by Crippen LogP contribution is 2.32. The van der Waals surface area contributed by atoms with Crippen LogP contribution in [0.3, 0.4) is 0 Å². The van der Waals surface area contributed by atoms with Crippen molar-refractivity contribution in [3.05, 3.63) is 52.6 Å². The highest BCUT2D eigenvalue weighted by molar-refractivity contribution is 5.55. The first-order valence-corrected chi connectivity index (χ1v) is 6.22. The number of azo groups is 1. The van der Waals surface area contributed by atoms with Crippen LogP contribution in [-0.2, 0) is 0 Å². The lowest BCUT2D eigenvalue weighted by molar-refractivity contribution is -0.384. The van der Waals surface area contributed by atoms with Crippen LogP contribution in [0.4, 0.5) is 17.1 Å². The number of nitro benzene ring substituents is 1. The van der Waals surface area contributed by atoms with Crippen LogP contribution >= 0.6 is 0 Å². The molecule has 0 aliphatic carbocycles. The summed E-state index contributed by atoms with van der Waals surface area (Å²) in [5.41, 5.74) is 1.02. The molecule has 0 atom stereocenters. The third-order valence-electron chi connectivity index (χ3n) is 2.72. The third kappa shape index (κ3) is 4.75. The first kappa shape index (κ1) is 17.5. The van der Waals surface area contributed by atoms with Crippen LogP contribution in [0, 0.1) is 20.9 Å². The van der Waals surface area contributed by atoms with Crippen molar-refractivity contribution in [1.82, 2.24) is 0 Å². The fourth-order valence-corrected chi connectivity index (χ4v) is 1.63. The molecule has 0 N–H and O–H groups in total. The maximum Gasteiger partial charge on any atom is 0.269 e. The Morgan fingerprint density at radius 2 is 1.65 bits per heavy atom. The lowest BCUT2D eigenvalue weighted by Crippen LogP contribution is -1.86. The monoisotopic (exact) mass is 315 g/mol. The number of benzene rings is 2. The second-order valence-electron chi connectivity index (χ2n) is 4.01. The van der Waals surface area contributed by atoms with E-state index in [1.165, 1.54) is 31.4 Å². The topological polar surface area (TPSA) is 134 Å². The molecule has 0 aliphatic heterocycles. The van der Waals surface area contributed by atoms with E-state index in [9.17, 15) is 10.1 Å². The van der Waals surface area contributed by atoms with Crippen LogP contribution in [0.25, 0.3) is 0 Å². The summed E-state index contributed by atoms with van der Waals surface area (Å²) in [5, 5.41) is 30.7. The Morgan fingerprint density at radius 1 is 1.00 bits per heavy atom. The second kappa shape index (κ2) is 8.68. The summed E-state index contributed by atoms with van der Waals surface area (Å²) < 4.78 is 10.3. The maximum atomic E-state index is 10.6. The quantitative estimate of drug-likeness (QED) is 0.353. The minimum Gasteiger partial charge on any atom is -0.497 e. The van der Waals surface area contributed by atoms with Crippen molar-refractivity contribution in [2.24, 2.45) is 10.2 Å². The van der Waals surface area contributed by atoms with Gasteiger partial charge in [-0.2, -0.15) is 5.11 Å². The molecule has 9 nitrogen and oxygen atoms in total. The molecule has 0 unspecified atom stereocenters. The van der Waals surface area contributed by atoms with Crippen LogP contribution in [0.15, 0.2) is 52.7 Å². The number of hydrogen-bond acceptors (Lipinski definition) is 8. The molecule has 0 heterocycles. The average Bonchev–Trinajstić information content (AvgIpc) is 2.61. The van der Waals surface area contributed by atoms with E-state index in [2.05, 4.69) is 10.2 Å². The molecule has 2 aromatic rings.